The van der Waals surface area contributed by atoms with Gasteiger partial charge in [-0.05, 0) is 78.8 Å². The summed E-state index contributed by atoms with van der Waals surface area (Å²) in [6.45, 7) is 8.53. The molecule has 0 aromatic heterocycles. The van der Waals surface area contributed by atoms with Gasteiger partial charge in [0.2, 0.25) is 0 Å². The number of benzene rings is 3. The standard InChI is InChI=1S/C31H34ClIN2O/c1-3-35(4-2)31(36)26-12-10-24(11-13-26)30(23-8-6-5-7-9-23)25-16-18-34(19-17-25)22-27-14-15-29(32)20-28(27)21-33/h5-15,20H,3-4,16-19,21-22H2,1-2H3. The van der Waals surface area contributed by atoms with Gasteiger partial charge in [-0.1, -0.05) is 88.3 Å². The lowest BCUT2D eigenvalue weighted by Crippen LogP contribution is -2.31. The molecule has 3 aromatic carbocycles. The largest absolute Gasteiger partial charge is 0.339 e. The highest BCUT2D eigenvalue weighted by molar-refractivity contribution is 14.1. The molecule has 5 heteroatoms. The number of halogens is 2. The van der Waals surface area contributed by atoms with Gasteiger partial charge in [-0.25, -0.2) is 0 Å². The quantitative estimate of drug-likeness (QED) is 0.191. The first-order valence-electron chi connectivity index (χ1n) is 12.8. The van der Waals surface area contributed by atoms with Crippen molar-refractivity contribution in [3.63, 3.8) is 0 Å². The van der Waals surface area contributed by atoms with Gasteiger partial charge in [-0.2, -0.15) is 0 Å². The minimum atomic E-state index is 0.0989. The molecule has 0 N–H and O–H groups in total. The summed E-state index contributed by atoms with van der Waals surface area (Å²) < 4.78 is 0.970. The fourth-order valence-corrected chi connectivity index (χ4v) is 5.90. The Balaban J connectivity index is 1.57. The van der Waals surface area contributed by atoms with Crippen LogP contribution >= 0.6 is 34.2 Å². The van der Waals surface area contributed by atoms with E-state index in [1.54, 1.807) is 0 Å². The lowest BCUT2D eigenvalue weighted by atomic mass is 9.88. The van der Waals surface area contributed by atoms with Gasteiger partial charge in [0.15, 0.2) is 0 Å². The molecule has 188 valence electrons. The summed E-state index contributed by atoms with van der Waals surface area (Å²) in [5, 5.41) is 0.812. The number of rotatable bonds is 8. The number of hydrogen-bond donors (Lipinski definition) is 0. The third-order valence-electron chi connectivity index (χ3n) is 7.05. The molecule has 1 heterocycles. The highest BCUT2D eigenvalue weighted by atomic mass is 127. The first kappa shape index (κ1) is 26.9. The molecule has 0 atom stereocenters. The lowest BCUT2D eigenvalue weighted by molar-refractivity contribution is 0.0773. The minimum Gasteiger partial charge on any atom is -0.339 e. The summed E-state index contributed by atoms with van der Waals surface area (Å²) >= 11 is 8.64. The van der Waals surface area contributed by atoms with Crippen molar-refractivity contribution in [3.05, 3.63) is 111 Å². The van der Waals surface area contributed by atoms with Gasteiger partial charge in [0.25, 0.3) is 5.91 Å². The van der Waals surface area contributed by atoms with Gasteiger partial charge in [0.05, 0.1) is 0 Å². The van der Waals surface area contributed by atoms with E-state index < -0.39 is 0 Å². The van der Waals surface area contributed by atoms with Gasteiger partial charge in [-0.3, -0.25) is 9.69 Å². The van der Waals surface area contributed by atoms with Crippen LogP contribution in [-0.2, 0) is 11.0 Å². The second-order valence-electron chi connectivity index (χ2n) is 9.22. The minimum absolute atomic E-state index is 0.0989. The Morgan fingerprint density at radius 3 is 2.08 bits per heavy atom. The molecule has 3 nitrogen and oxygen atoms in total. The van der Waals surface area contributed by atoms with Crippen molar-refractivity contribution in [3.8, 4) is 0 Å². The highest BCUT2D eigenvalue weighted by Gasteiger charge is 2.20. The van der Waals surface area contributed by atoms with Crippen molar-refractivity contribution in [2.45, 2.75) is 37.7 Å². The molecule has 0 radical (unpaired) electrons. The number of likely N-dealkylation sites (tertiary alicyclic amines) is 1. The second kappa shape index (κ2) is 12.9. The molecule has 4 rings (SSSR count). The van der Waals surface area contributed by atoms with E-state index in [4.69, 9.17) is 11.6 Å². The maximum Gasteiger partial charge on any atom is 0.253 e. The molecule has 0 spiro atoms. The van der Waals surface area contributed by atoms with Crippen molar-refractivity contribution in [1.82, 2.24) is 9.80 Å². The topological polar surface area (TPSA) is 23.6 Å². The van der Waals surface area contributed by atoms with Crippen molar-refractivity contribution in [2.75, 3.05) is 26.2 Å². The van der Waals surface area contributed by atoms with E-state index >= 15 is 0 Å². The molecule has 3 aromatic rings. The lowest BCUT2D eigenvalue weighted by Gasteiger charge is -2.31. The molecule has 1 saturated heterocycles. The van der Waals surface area contributed by atoms with Gasteiger partial charge in [0, 0.05) is 47.7 Å². The monoisotopic (exact) mass is 612 g/mol. The number of carbonyl (C=O) groups is 1. The molecule has 1 amide bonds. The first-order chi connectivity index (χ1) is 17.5. The summed E-state index contributed by atoms with van der Waals surface area (Å²) in [4.78, 5) is 17.2. The third kappa shape index (κ3) is 6.39. The van der Waals surface area contributed by atoms with Crippen molar-refractivity contribution >= 4 is 45.7 Å². The predicted octanol–water partition coefficient (Wildman–Crippen LogP) is 7.85. The molecule has 0 bridgehead atoms. The Hall–Kier alpha value is -2.15. The van der Waals surface area contributed by atoms with E-state index in [1.807, 2.05) is 36.9 Å². The van der Waals surface area contributed by atoms with Crippen molar-refractivity contribution in [2.24, 2.45) is 0 Å². The Kier molecular flexibility index (Phi) is 9.63. The average molecular weight is 613 g/mol. The summed E-state index contributed by atoms with van der Waals surface area (Å²) in [5.41, 5.74) is 8.69. The first-order valence-corrected chi connectivity index (χ1v) is 14.7. The van der Waals surface area contributed by atoms with Crippen LogP contribution in [0.3, 0.4) is 0 Å². The van der Waals surface area contributed by atoms with Crippen LogP contribution in [-0.4, -0.2) is 41.9 Å². The third-order valence-corrected chi connectivity index (χ3v) is 8.11. The Labute approximate surface area is 234 Å². The second-order valence-corrected chi connectivity index (χ2v) is 10.4. The SMILES string of the molecule is CCN(CC)C(=O)c1ccc(C(=C2CCN(Cc3ccc(Cl)cc3CI)CC2)c2ccccc2)cc1. The average Bonchev–Trinajstić information content (AvgIpc) is 2.92. The number of alkyl halides is 1. The molecule has 36 heavy (non-hydrogen) atoms. The fourth-order valence-electron chi connectivity index (χ4n) is 5.00. The van der Waals surface area contributed by atoms with Crippen LogP contribution < -0.4 is 0 Å². The van der Waals surface area contributed by atoms with Crippen LogP contribution in [0.1, 0.15) is 59.3 Å². The van der Waals surface area contributed by atoms with E-state index in [0.717, 1.165) is 60.6 Å². The zero-order chi connectivity index (χ0) is 25.5. The van der Waals surface area contributed by atoms with E-state index in [2.05, 4.69) is 82.1 Å². The van der Waals surface area contributed by atoms with E-state index in [0.29, 0.717) is 0 Å². The molecular formula is C31H34ClIN2O. The Bertz CT molecular complexity index is 1190. The maximum atomic E-state index is 12.8. The maximum absolute atomic E-state index is 12.8. The zero-order valence-corrected chi connectivity index (χ0v) is 24.1. The summed E-state index contributed by atoms with van der Waals surface area (Å²) in [5.74, 6) is 0.0989. The van der Waals surface area contributed by atoms with Gasteiger partial charge in [0.1, 0.15) is 0 Å². The van der Waals surface area contributed by atoms with Crippen LogP contribution in [0.5, 0.6) is 0 Å². The fraction of sp³-hybridized carbons (Fsp3) is 0.323. The van der Waals surface area contributed by atoms with Crippen LogP contribution in [0.4, 0.5) is 0 Å². The van der Waals surface area contributed by atoms with Crippen molar-refractivity contribution < 1.29 is 4.79 Å². The van der Waals surface area contributed by atoms with Gasteiger partial charge in [-0.15, -0.1) is 0 Å². The van der Waals surface area contributed by atoms with E-state index in [-0.39, 0.29) is 5.91 Å². The molecule has 0 aliphatic carbocycles. The van der Waals surface area contributed by atoms with Crippen LogP contribution in [0.2, 0.25) is 5.02 Å². The zero-order valence-electron chi connectivity index (χ0n) is 21.1. The summed E-state index contributed by atoms with van der Waals surface area (Å²) in [6, 6.07) is 25.2. The van der Waals surface area contributed by atoms with E-state index in [1.165, 1.54) is 33.4 Å². The molecule has 1 aliphatic heterocycles. The molecule has 0 saturated carbocycles. The summed E-state index contributed by atoms with van der Waals surface area (Å²) in [7, 11) is 0. The number of nitrogens with zero attached hydrogens (tertiary/aromatic N) is 2. The van der Waals surface area contributed by atoms with Crippen LogP contribution in [0.25, 0.3) is 5.57 Å². The molecule has 1 aliphatic rings. The smallest absolute Gasteiger partial charge is 0.253 e. The van der Waals surface area contributed by atoms with Crippen LogP contribution in [0, 0.1) is 0 Å². The molecule has 1 fully saturated rings. The van der Waals surface area contributed by atoms with E-state index in [9.17, 15) is 4.79 Å². The number of piperidine rings is 1. The molecule has 0 unspecified atom stereocenters. The van der Waals surface area contributed by atoms with Crippen LogP contribution in [0.15, 0.2) is 78.4 Å². The Morgan fingerprint density at radius 2 is 1.47 bits per heavy atom. The summed E-state index contributed by atoms with van der Waals surface area (Å²) in [6.07, 6.45) is 2.08. The number of amides is 1. The highest BCUT2D eigenvalue weighted by Crippen LogP contribution is 2.33. The Morgan fingerprint density at radius 1 is 0.861 bits per heavy atom. The van der Waals surface area contributed by atoms with Gasteiger partial charge >= 0.3 is 0 Å². The number of hydrogen-bond acceptors (Lipinski definition) is 2. The normalized spacial score (nSPS) is 14.1. The predicted molar refractivity (Wildman–Crippen MR) is 160 cm³/mol. The van der Waals surface area contributed by atoms with Gasteiger partial charge < -0.3 is 4.90 Å². The molecular weight excluding hydrogens is 579 g/mol. The number of carbonyl (C=O) groups excluding carboxylic acids is 1. The van der Waals surface area contributed by atoms with Crippen molar-refractivity contribution in [1.29, 1.82) is 0 Å².